The Bertz CT molecular complexity index is 77.6. The molecule has 6 heavy (non-hydrogen) atoms. The Morgan fingerprint density at radius 2 is 2.83 bits per heavy atom. The average molecular weight is 101 g/mol. The summed E-state index contributed by atoms with van der Waals surface area (Å²) in [5.74, 6) is 1.06. The van der Waals surface area contributed by atoms with Gasteiger partial charge in [-0.2, -0.15) is 0 Å². The first kappa shape index (κ1) is 4.06. The molecule has 1 aliphatic rings. The minimum Gasteiger partial charge on any atom is -0.379 e. The first-order chi connectivity index (χ1) is 2.89. The predicted molar refractivity (Wildman–Crippen MR) is 29.4 cm³/mol. The molecular weight excluding hydrogens is 94.1 g/mol. The van der Waals surface area contributed by atoms with Crippen LogP contribution >= 0.6 is 11.8 Å². The van der Waals surface area contributed by atoms with Crippen molar-refractivity contribution < 1.29 is 0 Å². The van der Waals surface area contributed by atoms with Crippen LogP contribution in [0.15, 0.2) is 11.1 Å². The third-order valence-corrected chi connectivity index (χ3v) is 1.53. The van der Waals surface area contributed by atoms with Gasteiger partial charge in [0, 0.05) is 5.70 Å². The van der Waals surface area contributed by atoms with Crippen molar-refractivity contribution >= 4 is 11.8 Å². The van der Waals surface area contributed by atoms with Gasteiger partial charge in [-0.05, 0) is 12.3 Å². The zero-order valence-corrected chi connectivity index (χ0v) is 4.51. The van der Waals surface area contributed by atoms with E-state index in [4.69, 9.17) is 0 Å². The molecule has 1 N–H and O–H groups in total. The molecule has 0 unspecified atom stereocenters. The van der Waals surface area contributed by atoms with Crippen LogP contribution in [0.3, 0.4) is 0 Å². The first-order valence-electron chi connectivity index (χ1n) is 1.92. The van der Waals surface area contributed by atoms with Gasteiger partial charge in [0.05, 0.1) is 5.88 Å². The minimum absolute atomic E-state index is 1.06. The first-order valence-corrected chi connectivity index (χ1v) is 2.97. The van der Waals surface area contributed by atoms with Crippen LogP contribution in [0.4, 0.5) is 0 Å². The standard InChI is InChI=1S/C4H7NS/c1-4-2-6-3-5-4/h2,5H,3H2,1H3. The second-order valence-corrected chi connectivity index (χ2v) is 2.15. The van der Waals surface area contributed by atoms with Crippen LogP contribution in [0.1, 0.15) is 6.92 Å². The topological polar surface area (TPSA) is 12.0 Å². The average Bonchev–Trinajstić information content (AvgIpc) is 1.86. The minimum atomic E-state index is 1.06. The molecule has 1 rings (SSSR count). The lowest BCUT2D eigenvalue weighted by Gasteiger charge is -1.87. The predicted octanol–water partition coefficient (Wildman–Crippen LogP) is 1.14. The van der Waals surface area contributed by atoms with Crippen LogP contribution in [0.25, 0.3) is 0 Å². The maximum atomic E-state index is 3.14. The number of nitrogens with one attached hydrogen (secondary N) is 1. The van der Waals surface area contributed by atoms with Gasteiger partial charge in [0.15, 0.2) is 0 Å². The van der Waals surface area contributed by atoms with Crippen LogP contribution in [-0.4, -0.2) is 5.88 Å². The second kappa shape index (κ2) is 1.56. The van der Waals surface area contributed by atoms with Gasteiger partial charge in [0.25, 0.3) is 0 Å². The van der Waals surface area contributed by atoms with Crippen molar-refractivity contribution in [1.82, 2.24) is 5.32 Å². The summed E-state index contributed by atoms with van der Waals surface area (Å²) in [5, 5.41) is 5.27. The highest BCUT2D eigenvalue weighted by Crippen LogP contribution is 2.09. The van der Waals surface area contributed by atoms with Gasteiger partial charge in [-0.25, -0.2) is 0 Å². The molecule has 0 saturated heterocycles. The quantitative estimate of drug-likeness (QED) is 0.491. The monoisotopic (exact) mass is 101 g/mol. The highest BCUT2D eigenvalue weighted by Gasteiger charge is 1.92. The van der Waals surface area contributed by atoms with Gasteiger partial charge in [-0.3, -0.25) is 0 Å². The molecule has 0 aromatic carbocycles. The molecule has 1 heterocycles. The van der Waals surface area contributed by atoms with Crippen LogP contribution in [0.2, 0.25) is 0 Å². The van der Waals surface area contributed by atoms with Gasteiger partial charge in [-0.1, -0.05) is 0 Å². The highest BCUT2D eigenvalue weighted by molar-refractivity contribution is 8.02. The van der Waals surface area contributed by atoms with Gasteiger partial charge in [0.2, 0.25) is 0 Å². The van der Waals surface area contributed by atoms with Gasteiger partial charge in [-0.15, -0.1) is 11.8 Å². The summed E-state index contributed by atoms with van der Waals surface area (Å²) in [6.07, 6.45) is 0. The van der Waals surface area contributed by atoms with E-state index < -0.39 is 0 Å². The molecule has 0 spiro atoms. The second-order valence-electron chi connectivity index (χ2n) is 1.29. The summed E-state index contributed by atoms with van der Waals surface area (Å²) in [5.41, 5.74) is 1.29. The van der Waals surface area contributed by atoms with Crippen molar-refractivity contribution in [3.05, 3.63) is 11.1 Å². The molecule has 0 aromatic heterocycles. The molecule has 0 aromatic rings. The summed E-state index contributed by atoms with van der Waals surface area (Å²) in [7, 11) is 0. The molecule has 34 valence electrons. The van der Waals surface area contributed by atoms with Crippen molar-refractivity contribution in [3.63, 3.8) is 0 Å². The number of hydrogen-bond donors (Lipinski definition) is 1. The molecule has 0 radical (unpaired) electrons. The summed E-state index contributed by atoms with van der Waals surface area (Å²) in [6, 6.07) is 0. The Balaban J connectivity index is 2.45. The van der Waals surface area contributed by atoms with Crippen molar-refractivity contribution in [2.24, 2.45) is 0 Å². The Labute approximate surface area is 41.8 Å². The summed E-state index contributed by atoms with van der Waals surface area (Å²) < 4.78 is 0. The fraction of sp³-hybridized carbons (Fsp3) is 0.500. The summed E-state index contributed by atoms with van der Waals surface area (Å²) >= 11 is 1.81. The Hall–Kier alpha value is -0.110. The molecule has 1 aliphatic heterocycles. The highest BCUT2D eigenvalue weighted by atomic mass is 32.2. The van der Waals surface area contributed by atoms with Crippen molar-refractivity contribution in [2.75, 3.05) is 5.88 Å². The summed E-state index contributed by atoms with van der Waals surface area (Å²) in [6.45, 7) is 2.07. The SMILES string of the molecule is CC1=CSCN1. The molecule has 1 nitrogen and oxygen atoms in total. The molecule has 0 saturated carbocycles. The molecule has 0 atom stereocenters. The van der Waals surface area contributed by atoms with E-state index in [0.29, 0.717) is 0 Å². The van der Waals surface area contributed by atoms with E-state index in [9.17, 15) is 0 Å². The van der Waals surface area contributed by atoms with E-state index in [0.717, 1.165) is 5.88 Å². The van der Waals surface area contributed by atoms with Crippen LogP contribution in [0, 0.1) is 0 Å². The van der Waals surface area contributed by atoms with Crippen molar-refractivity contribution in [2.45, 2.75) is 6.92 Å². The smallest absolute Gasteiger partial charge is 0.0648 e. The van der Waals surface area contributed by atoms with E-state index in [2.05, 4.69) is 17.6 Å². The number of thioether (sulfide) groups is 1. The van der Waals surface area contributed by atoms with Crippen molar-refractivity contribution in [3.8, 4) is 0 Å². The van der Waals surface area contributed by atoms with Crippen LogP contribution in [-0.2, 0) is 0 Å². The number of rotatable bonds is 0. The molecule has 0 fully saturated rings. The van der Waals surface area contributed by atoms with Gasteiger partial charge in [0.1, 0.15) is 0 Å². The zero-order chi connectivity index (χ0) is 4.41. The lowest BCUT2D eigenvalue weighted by atomic mass is 10.6. The van der Waals surface area contributed by atoms with Crippen LogP contribution < -0.4 is 5.32 Å². The lowest BCUT2D eigenvalue weighted by Crippen LogP contribution is -2.01. The molecule has 0 bridgehead atoms. The van der Waals surface area contributed by atoms with E-state index in [1.54, 1.807) is 0 Å². The fourth-order valence-corrected chi connectivity index (χ4v) is 1.09. The lowest BCUT2D eigenvalue weighted by molar-refractivity contribution is 0.983. The normalized spacial score (nSPS) is 19.8. The summed E-state index contributed by atoms with van der Waals surface area (Å²) in [4.78, 5) is 0. The van der Waals surface area contributed by atoms with E-state index in [1.807, 2.05) is 11.8 Å². The van der Waals surface area contributed by atoms with Crippen molar-refractivity contribution in [1.29, 1.82) is 0 Å². The number of allylic oxidation sites excluding steroid dienone is 1. The van der Waals surface area contributed by atoms with E-state index in [1.165, 1.54) is 5.70 Å². The van der Waals surface area contributed by atoms with E-state index >= 15 is 0 Å². The fourth-order valence-electron chi connectivity index (χ4n) is 0.364. The Kier molecular flexibility index (Phi) is 1.05. The molecular formula is C4H7NS. The third kappa shape index (κ3) is 0.684. The number of hydrogen-bond acceptors (Lipinski definition) is 2. The molecule has 2 heteroatoms. The van der Waals surface area contributed by atoms with Gasteiger partial charge < -0.3 is 5.32 Å². The van der Waals surface area contributed by atoms with Gasteiger partial charge >= 0.3 is 0 Å². The Morgan fingerprint density at radius 1 is 2.00 bits per heavy atom. The largest absolute Gasteiger partial charge is 0.379 e. The van der Waals surface area contributed by atoms with E-state index in [-0.39, 0.29) is 0 Å². The Morgan fingerprint density at radius 3 is 3.00 bits per heavy atom. The maximum Gasteiger partial charge on any atom is 0.0648 e. The zero-order valence-electron chi connectivity index (χ0n) is 3.69. The van der Waals surface area contributed by atoms with Crippen LogP contribution in [0.5, 0.6) is 0 Å². The third-order valence-electron chi connectivity index (χ3n) is 0.694. The molecule has 0 amide bonds. The maximum absolute atomic E-state index is 3.14. The molecule has 0 aliphatic carbocycles.